The number of methoxy groups -OCH3 is 1. The molecule has 0 unspecified atom stereocenters. The Hall–Kier alpha value is -5.43. The van der Waals surface area contributed by atoms with Crippen molar-refractivity contribution in [2.75, 3.05) is 26.9 Å². The van der Waals surface area contributed by atoms with E-state index in [2.05, 4.69) is 9.73 Å². The van der Waals surface area contributed by atoms with Gasteiger partial charge in [0, 0.05) is 11.6 Å². The number of furan rings is 1. The Morgan fingerprint density at radius 2 is 1.83 bits per heavy atom. The Kier molecular flexibility index (Phi) is 9.52. The number of hydrogen-bond acceptors (Lipinski definition) is 11. The lowest BCUT2D eigenvalue weighted by molar-refractivity contribution is -0.143. The van der Waals surface area contributed by atoms with Crippen LogP contribution < -0.4 is 24.4 Å². The van der Waals surface area contributed by atoms with E-state index in [1.807, 2.05) is 0 Å². The zero-order valence-electron chi connectivity index (χ0n) is 25.4. The van der Waals surface area contributed by atoms with Gasteiger partial charge >= 0.3 is 17.9 Å². The number of hydrogen-bond donors (Lipinski definition) is 1. The number of benzene rings is 2. The summed E-state index contributed by atoms with van der Waals surface area (Å²) in [6.07, 6.45) is 1.55. The Balaban J connectivity index is 1.62. The molecule has 0 fully saturated rings. The van der Waals surface area contributed by atoms with Crippen LogP contribution in [0.3, 0.4) is 0 Å². The highest BCUT2D eigenvalue weighted by atomic mass is 32.1. The number of ether oxygens (including phenoxy) is 4. The van der Waals surface area contributed by atoms with Gasteiger partial charge in [-0.05, 0) is 56.7 Å². The van der Waals surface area contributed by atoms with E-state index in [-0.39, 0.29) is 41.2 Å². The molecule has 0 amide bonds. The highest BCUT2D eigenvalue weighted by Crippen LogP contribution is 2.36. The number of carboxylic acid groups (broad SMARTS) is 1. The van der Waals surface area contributed by atoms with Crippen molar-refractivity contribution in [3.05, 3.63) is 102 Å². The van der Waals surface area contributed by atoms with E-state index < -0.39 is 29.5 Å². The molecule has 12 nitrogen and oxygen atoms in total. The average molecular weight is 647 g/mol. The van der Waals surface area contributed by atoms with Crippen LogP contribution in [0.1, 0.15) is 48.5 Å². The predicted molar refractivity (Wildman–Crippen MR) is 167 cm³/mol. The predicted octanol–water partition coefficient (Wildman–Crippen LogP) is 3.71. The molecule has 46 heavy (non-hydrogen) atoms. The summed E-state index contributed by atoms with van der Waals surface area (Å²) >= 11 is 1.11. The van der Waals surface area contributed by atoms with Gasteiger partial charge in [-0.2, -0.15) is 0 Å². The first-order valence-corrected chi connectivity index (χ1v) is 15.1. The van der Waals surface area contributed by atoms with Crippen molar-refractivity contribution < 1.29 is 42.9 Å². The fraction of sp³-hybridized carbons (Fsp3) is 0.242. The van der Waals surface area contributed by atoms with E-state index in [0.717, 1.165) is 11.3 Å². The molecule has 1 N–H and O–H groups in total. The van der Waals surface area contributed by atoms with Gasteiger partial charge in [-0.25, -0.2) is 19.4 Å². The molecular formula is C33H30N2O10S. The summed E-state index contributed by atoms with van der Waals surface area (Å²) in [5, 5.41) is 9.58. The minimum absolute atomic E-state index is 0.0814. The lowest BCUT2D eigenvalue weighted by Gasteiger charge is -2.25. The Labute approximate surface area is 266 Å². The molecule has 4 aromatic rings. The maximum atomic E-state index is 14.0. The quantitative estimate of drug-likeness (QED) is 0.238. The molecule has 0 saturated carbocycles. The minimum Gasteiger partial charge on any atom is -0.490 e. The highest BCUT2D eigenvalue weighted by Gasteiger charge is 2.34. The van der Waals surface area contributed by atoms with Gasteiger partial charge < -0.3 is 28.5 Å². The van der Waals surface area contributed by atoms with E-state index in [9.17, 15) is 24.3 Å². The molecule has 0 spiro atoms. The number of aromatic carboxylic acids is 1. The SMILES string of the molecule is CCOC(=O)C1=C(C)N=c2s/c(=C\c3ccc(-c4ccccc4C(=O)O)o3)c(=O)n2[C@H]1c1ccc(OCC(=O)OC)c(OCC)c1. The van der Waals surface area contributed by atoms with Crippen molar-refractivity contribution >= 4 is 35.3 Å². The molecule has 1 atom stereocenters. The molecule has 5 rings (SSSR count). The summed E-state index contributed by atoms with van der Waals surface area (Å²) in [7, 11) is 1.25. The summed E-state index contributed by atoms with van der Waals surface area (Å²) in [4.78, 5) is 55.6. The number of carbonyl (C=O) groups excluding carboxylic acids is 2. The summed E-state index contributed by atoms with van der Waals surface area (Å²) in [6.45, 7) is 5.20. The van der Waals surface area contributed by atoms with Crippen molar-refractivity contribution in [1.29, 1.82) is 0 Å². The topological polar surface area (TPSA) is 156 Å². The number of esters is 2. The van der Waals surface area contributed by atoms with Gasteiger partial charge in [0.2, 0.25) is 0 Å². The average Bonchev–Trinajstić information content (AvgIpc) is 3.63. The molecule has 2 aromatic heterocycles. The second-order valence-electron chi connectivity index (χ2n) is 9.86. The third-order valence-electron chi connectivity index (χ3n) is 7.00. The molecule has 2 aromatic carbocycles. The molecule has 3 heterocycles. The number of allylic oxidation sites excluding steroid dienone is 1. The van der Waals surface area contributed by atoms with Crippen LogP contribution in [-0.2, 0) is 19.1 Å². The first-order valence-electron chi connectivity index (χ1n) is 14.2. The van der Waals surface area contributed by atoms with E-state index >= 15 is 0 Å². The minimum atomic E-state index is -1.09. The van der Waals surface area contributed by atoms with E-state index in [1.165, 1.54) is 17.7 Å². The molecule has 1 aliphatic rings. The molecule has 13 heteroatoms. The van der Waals surface area contributed by atoms with Gasteiger partial charge in [0.15, 0.2) is 22.9 Å². The normalized spacial score (nSPS) is 14.3. The summed E-state index contributed by atoms with van der Waals surface area (Å²) in [5.74, 6) is -1.06. The molecule has 0 aliphatic carbocycles. The third kappa shape index (κ3) is 6.35. The fourth-order valence-corrected chi connectivity index (χ4v) is 6.00. The van der Waals surface area contributed by atoms with Crippen LogP contribution in [-0.4, -0.2) is 54.5 Å². The number of thiazole rings is 1. The van der Waals surface area contributed by atoms with Crippen molar-refractivity contribution in [2.45, 2.75) is 26.8 Å². The zero-order valence-corrected chi connectivity index (χ0v) is 26.2. The van der Waals surface area contributed by atoms with Crippen molar-refractivity contribution in [1.82, 2.24) is 4.57 Å². The largest absolute Gasteiger partial charge is 0.490 e. The number of carboxylic acids is 1. The number of carbonyl (C=O) groups is 3. The first-order chi connectivity index (χ1) is 22.2. The lowest BCUT2D eigenvalue weighted by atomic mass is 9.95. The van der Waals surface area contributed by atoms with Gasteiger partial charge in [0.25, 0.3) is 5.56 Å². The summed E-state index contributed by atoms with van der Waals surface area (Å²) in [5.41, 5.74) is 1.12. The fourth-order valence-electron chi connectivity index (χ4n) is 4.97. The van der Waals surface area contributed by atoms with Gasteiger partial charge in [-0.3, -0.25) is 9.36 Å². The first kappa shape index (κ1) is 32.0. The molecule has 238 valence electrons. The van der Waals surface area contributed by atoms with Crippen LogP contribution in [0.25, 0.3) is 17.4 Å². The number of fused-ring (bicyclic) bond motifs is 1. The van der Waals surface area contributed by atoms with Crippen LogP contribution in [0.2, 0.25) is 0 Å². The third-order valence-corrected chi connectivity index (χ3v) is 7.98. The molecule has 0 bridgehead atoms. The van der Waals surface area contributed by atoms with Crippen molar-refractivity contribution in [3.63, 3.8) is 0 Å². The number of rotatable bonds is 11. The van der Waals surface area contributed by atoms with Crippen LogP contribution in [0.4, 0.5) is 0 Å². The Bertz CT molecular complexity index is 2030. The van der Waals surface area contributed by atoms with E-state index in [4.69, 9.17) is 18.6 Å². The zero-order chi connectivity index (χ0) is 33.0. The van der Waals surface area contributed by atoms with Gasteiger partial charge in [-0.15, -0.1) is 0 Å². The standard InChI is InChI=1S/C33H30N2O10S/c1-5-42-25-15-19(11-13-24(25)44-17-27(36)41-4)29-28(32(40)43-6-2)18(3)34-33-35(29)30(37)26(46-33)16-20-12-14-23(45-20)21-9-7-8-10-22(21)31(38)39/h7-16,29H,5-6,17H2,1-4H3,(H,38,39)/b26-16-/t29-/m0/s1. The molecule has 0 saturated heterocycles. The lowest BCUT2D eigenvalue weighted by Crippen LogP contribution is -2.40. The van der Waals surface area contributed by atoms with Gasteiger partial charge in [0.1, 0.15) is 11.5 Å². The van der Waals surface area contributed by atoms with Gasteiger partial charge in [-0.1, -0.05) is 35.6 Å². The maximum absolute atomic E-state index is 14.0. The smallest absolute Gasteiger partial charge is 0.343 e. The van der Waals surface area contributed by atoms with Crippen LogP contribution >= 0.6 is 11.3 Å². The second kappa shape index (κ2) is 13.7. The number of aromatic nitrogens is 1. The number of nitrogens with zero attached hydrogens (tertiary/aromatic N) is 2. The monoisotopic (exact) mass is 646 g/mol. The second-order valence-corrected chi connectivity index (χ2v) is 10.9. The van der Waals surface area contributed by atoms with Crippen LogP contribution in [0.5, 0.6) is 11.5 Å². The van der Waals surface area contributed by atoms with Crippen molar-refractivity contribution in [3.8, 4) is 22.8 Å². The van der Waals surface area contributed by atoms with E-state index in [1.54, 1.807) is 75.4 Å². The van der Waals surface area contributed by atoms with Crippen LogP contribution in [0.15, 0.2) is 80.1 Å². The Morgan fingerprint density at radius 3 is 2.54 bits per heavy atom. The molecule has 1 aliphatic heterocycles. The highest BCUT2D eigenvalue weighted by molar-refractivity contribution is 7.07. The van der Waals surface area contributed by atoms with Gasteiger partial charge in [0.05, 0.1) is 47.7 Å². The van der Waals surface area contributed by atoms with E-state index in [0.29, 0.717) is 38.9 Å². The molecular weight excluding hydrogens is 616 g/mol. The molecule has 0 radical (unpaired) electrons. The van der Waals surface area contributed by atoms with Crippen molar-refractivity contribution in [2.24, 2.45) is 4.99 Å². The Morgan fingerprint density at radius 1 is 1.04 bits per heavy atom. The van der Waals surface area contributed by atoms with Crippen LogP contribution in [0, 0.1) is 0 Å². The summed E-state index contributed by atoms with van der Waals surface area (Å²) < 4.78 is 29.1. The summed E-state index contributed by atoms with van der Waals surface area (Å²) in [6, 6.07) is 13.7. The maximum Gasteiger partial charge on any atom is 0.343 e.